The first-order chi connectivity index (χ1) is 7.42. The molecule has 1 aromatic rings. The van der Waals surface area contributed by atoms with Crippen molar-refractivity contribution >= 4 is 17.3 Å². The van der Waals surface area contributed by atoms with Crippen LogP contribution in [0.1, 0.15) is 37.6 Å². The van der Waals surface area contributed by atoms with Crippen LogP contribution in [0.4, 0.5) is 0 Å². The molecule has 0 bridgehead atoms. The molecular weight excluding hydrogens is 206 g/mol. The highest BCUT2D eigenvalue weighted by atomic mass is 32.1. The highest BCUT2D eigenvalue weighted by molar-refractivity contribution is 6.99. The predicted octanol–water partition coefficient (Wildman–Crippen LogP) is 2.26. The van der Waals surface area contributed by atoms with Crippen molar-refractivity contribution in [3.8, 4) is 0 Å². The van der Waals surface area contributed by atoms with Gasteiger partial charge in [0.15, 0.2) is 0 Å². The second kappa shape index (κ2) is 5.37. The molecular formula is C11H17N3S. The molecule has 1 aromatic heterocycles. The Morgan fingerprint density at radius 2 is 2.40 bits per heavy atom. The first-order valence-electron chi connectivity index (χ1n) is 5.63. The Morgan fingerprint density at radius 1 is 1.47 bits per heavy atom. The molecule has 1 aliphatic rings. The Morgan fingerprint density at radius 3 is 3.13 bits per heavy atom. The highest BCUT2D eigenvalue weighted by Gasteiger charge is 2.13. The second-order valence-corrected chi connectivity index (χ2v) is 4.39. The number of nitrogens with one attached hydrogen (secondary N) is 1. The molecule has 15 heavy (non-hydrogen) atoms. The monoisotopic (exact) mass is 223 g/mol. The van der Waals surface area contributed by atoms with Crippen molar-refractivity contribution < 1.29 is 0 Å². The first-order valence-corrected chi connectivity index (χ1v) is 6.36. The maximum absolute atomic E-state index is 4.42. The Hall–Kier alpha value is -0.740. The minimum Gasteiger partial charge on any atom is -0.312 e. The van der Waals surface area contributed by atoms with Gasteiger partial charge in [0.05, 0.1) is 17.4 Å². The summed E-state index contributed by atoms with van der Waals surface area (Å²) in [6, 6.07) is 0. The van der Waals surface area contributed by atoms with Crippen LogP contribution in [-0.4, -0.2) is 21.8 Å². The third-order valence-corrected chi connectivity index (χ3v) is 3.22. The van der Waals surface area contributed by atoms with Crippen LogP contribution in [-0.2, 0) is 6.42 Å². The van der Waals surface area contributed by atoms with E-state index in [2.05, 4.69) is 27.1 Å². The molecule has 2 heterocycles. The number of nitrogens with zero attached hydrogens (tertiary/aromatic N) is 2. The fourth-order valence-electron chi connectivity index (χ4n) is 1.78. The van der Waals surface area contributed by atoms with Crippen molar-refractivity contribution in [2.45, 2.75) is 32.6 Å². The van der Waals surface area contributed by atoms with E-state index in [1.807, 2.05) is 0 Å². The fraction of sp³-hybridized carbons (Fsp3) is 0.636. The third kappa shape index (κ3) is 2.63. The molecule has 0 fully saturated rings. The van der Waals surface area contributed by atoms with Crippen LogP contribution in [0.3, 0.4) is 0 Å². The molecule has 1 N–H and O–H groups in total. The molecule has 0 amide bonds. The van der Waals surface area contributed by atoms with E-state index in [0.717, 1.165) is 31.6 Å². The van der Waals surface area contributed by atoms with Crippen molar-refractivity contribution in [3.63, 3.8) is 0 Å². The Balaban J connectivity index is 2.12. The summed E-state index contributed by atoms with van der Waals surface area (Å²) < 4.78 is 8.81. The second-order valence-electron chi connectivity index (χ2n) is 3.86. The Bertz CT molecular complexity index is 343. The minimum absolute atomic E-state index is 0.949. The van der Waals surface area contributed by atoms with Crippen LogP contribution in [0.2, 0.25) is 0 Å². The van der Waals surface area contributed by atoms with Crippen LogP contribution >= 0.6 is 11.7 Å². The SMILES string of the molecule is CCCCc1nsnc1C1=CCCNC1. The normalized spacial score (nSPS) is 16.5. The molecule has 0 aromatic carbocycles. The Kier molecular flexibility index (Phi) is 3.86. The van der Waals surface area contributed by atoms with Crippen LogP contribution < -0.4 is 5.32 Å². The summed E-state index contributed by atoms with van der Waals surface area (Å²) in [5.41, 5.74) is 3.67. The van der Waals surface area contributed by atoms with Gasteiger partial charge in [-0.05, 0) is 31.4 Å². The van der Waals surface area contributed by atoms with Gasteiger partial charge in [-0.3, -0.25) is 0 Å². The average molecular weight is 223 g/mol. The van der Waals surface area contributed by atoms with E-state index >= 15 is 0 Å². The molecule has 0 atom stereocenters. The van der Waals surface area contributed by atoms with E-state index in [4.69, 9.17) is 0 Å². The molecule has 0 unspecified atom stereocenters. The quantitative estimate of drug-likeness (QED) is 0.851. The lowest BCUT2D eigenvalue weighted by atomic mass is 10.0. The lowest BCUT2D eigenvalue weighted by molar-refractivity contribution is 0.734. The van der Waals surface area contributed by atoms with Crippen molar-refractivity contribution in [1.82, 2.24) is 14.1 Å². The van der Waals surface area contributed by atoms with Gasteiger partial charge >= 0.3 is 0 Å². The van der Waals surface area contributed by atoms with Gasteiger partial charge in [-0.25, -0.2) is 0 Å². The van der Waals surface area contributed by atoms with Crippen LogP contribution in [0.5, 0.6) is 0 Å². The largest absolute Gasteiger partial charge is 0.312 e. The van der Waals surface area contributed by atoms with Gasteiger partial charge in [0.25, 0.3) is 0 Å². The van der Waals surface area contributed by atoms with E-state index in [-0.39, 0.29) is 0 Å². The van der Waals surface area contributed by atoms with Gasteiger partial charge in [0.1, 0.15) is 5.69 Å². The summed E-state index contributed by atoms with van der Waals surface area (Å²) in [5.74, 6) is 0. The van der Waals surface area contributed by atoms with Gasteiger partial charge in [-0.15, -0.1) is 0 Å². The number of aryl methyl sites for hydroxylation is 1. The number of hydrogen-bond donors (Lipinski definition) is 1. The van der Waals surface area contributed by atoms with Crippen LogP contribution in [0, 0.1) is 0 Å². The van der Waals surface area contributed by atoms with Crippen molar-refractivity contribution in [2.24, 2.45) is 0 Å². The summed E-state index contributed by atoms with van der Waals surface area (Å²) in [7, 11) is 0. The zero-order valence-corrected chi connectivity index (χ0v) is 9.94. The zero-order chi connectivity index (χ0) is 10.5. The zero-order valence-electron chi connectivity index (χ0n) is 9.12. The molecule has 0 saturated carbocycles. The summed E-state index contributed by atoms with van der Waals surface area (Å²) >= 11 is 1.34. The van der Waals surface area contributed by atoms with Gasteiger partial charge in [0, 0.05) is 6.54 Å². The molecule has 3 nitrogen and oxygen atoms in total. The van der Waals surface area contributed by atoms with E-state index in [9.17, 15) is 0 Å². The minimum atomic E-state index is 0.949. The molecule has 2 rings (SSSR count). The molecule has 0 aliphatic carbocycles. The van der Waals surface area contributed by atoms with Gasteiger partial charge in [0.2, 0.25) is 0 Å². The lowest BCUT2D eigenvalue weighted by Crippen LogP contribution is -2.22. The number of aromatic nitrogens is 2. The van der Waals surface area contributed by atoms with Crippen LogP contribution in [0.15, 0.2) is 6.08 Å². The van der Waals surface area contributed by atoms with E-state index in [1.54, 1.807) is 0 Å². The molecule has 82 valence electrons. The maximum Gasteiger partial charge on any atom is 0.104 e. The van der Waals surface area contributed by atoms with Gasteiger partial charge in [-0.2, -0.15) is 8.75 Å². The molecule has 1 aliphatic heterocycles. The number of rotatable bonds is 4. The number of unbranched alkanes of at least 4 members (excludes halogenated alkanes) is 1. The maximum atomic E-state index is 4.42. The highest BCUT2D eigenvalue weighted by Crippen LogP contribution is 2.20. The van der Waals surface area contributed by atoms with Crippen molar-refractivity contribution in [3.05, 3.63) is 17.5 Å². The molecule has 4 heteroatoms. The van der Waals surface area contributed by atoms with E-state index < -0.39 is 0 Å². The van der Waals surface area contributed by atoms with E-state index in [0.29, 0.717) is 0 Å². The average Bonchev–Trinajstić information content (AvgIpc) is 2.75. The van der Waals surface area contributed by atoms with Crippen molar-refractivity contribution in [1.29, 1.82) is 0 Å². The molecule has 0 spiro atoms. The van der Waals surface area contributed by atoms with Crippen LogP contribution in [0.25, 0.3) is 5.57 Å². The van der Waals surface area contributed by atoms with Gasteiger partial charge in [-0.1, -0.05) is 19.4 Å². The summed E-state index contributed by atoms with van der Waals surface area (Å²) in [6.45, 7) is 4.25. The predicted molar refractivity (Wildman–Crippen MR) is 64.0 cm³/mol. The molecule has 0 saturated heterocycles. The number of hydrogen-bond acceptors (Lipinski definition) is 4. The standard InChI is InChI=1S/C11H17N3S/c1-2-3-6-10-11(14-15-13-10)9-5-4-7-12-8-9/h5,12H,2-4,6-8H2,1H3. The Labute approximate surface area is 94.9 Å². The fourth-order valence-corrected chi connectivity index (χ4v) is 2.40. The summed E-state index contributed by atoms with van der Waals surface area (Å²) in [4.78, 5) is 0. The van der Waals surface area contributed by atoms with Gasteiger partial charge < -0.3 is 5.32 Å². The van der Waals surface area contributed by atoms with Crippen molar-refractivity contribution in [2.75, 3.05) is 13.1 Å². The first kappa shape index (κ1) is 10.8. The molecule has 0 radical (unpaired) electrons. The summed E-state index contributed by atoms with van der Waals surface area (Å²) in [6.07, 6.45) is 6.90. The lowest BCUT2D eigenvalue weighted by Gasteiger charge is -2.12. The topological polar surface area (TPSA) is 37.8 Å². The smallest absolute Gasteiger partial charge is 0.104 e. The third-order valence-electron chi connectivity index (χ3n) is 2.66. The van der Waals surface area contributed by atoms with E-state index in [1.165, 1.54) is 35.8 Å². The summed E-state index contributed by atoms with van der Waals surface area (Å²) in [5, 5.41) is 3.37.